The lowest BCUT2D eigenvalue weighted by atomic mass is 10.3. The van der Waals surface area contributed by atoms with Gasteiger partial charge in [0, 0.05) is 41.8 Å². The highest BCUT2D eigenvalue weighted by Gasteiger charge is 2.17. The minimum atomic E-state index is -0.920. The zero-order valence-corrected chi connectivity index (χ0v) is 15.4. The molecule has 1 aromatic heterocycles. The number of aliphatic imine (C=N–C) groups is 1. The molecule has 1 atom stereocenters. The summed E-state index contributed by atoms with van der Waals surface area (Å²) in [6.07, 6.45) is 0. The molecule has 8 nitrogen and oxygen atoms in total. The highest BCUT2D eigenvalue weighted by molar-refractivity contribution is 7.98. The van der Waals surface area contributed by atoms with E-state index in [-0.39, 0.29) is 5.84 Å². The quantitative estimate of drug-likeness (QED) is 0.228. The Morgan fingerprint density at radius 1 is 1.62 bits per heavy atom. The molecular formula is C14H23N5O3S2. The number of hydrogen-bond acceptors (Lipinski definition) is 8. The van der Waals surface area contributed by atoms with Crippen molar-refractivity contribution in [2.24, 2.45) is 10.7 Å². The van der Waals surface area contributed by atoms with Gasteiger partial charge in [-0.05, 0) is 0 Å². The summed E-state index contributed by atoms with van der Waals surface area (Å²) in [6, 6.07) is -0.920. The summed E-state index contributed by atoms with van der Waals surface area (Å²) in [7, 11) is 0. The van der Waals surface area contributed by atoms with Crippen molar-refractivity contribution in [2.45, 2.75) is 25.3 Å². The van der Waals surface area contributed by atoms with Gasteiger partial charge >= 0.3 is 0 Å². The van der Waals surface area contributed by atoms with E-state index in [1.54, 1.807) is 23.1 Å². The smallest absolute Gasteiger partial charge is 0.266 e. The van der Waals surface area contributed by atoms with Gasteiger partial charge in [0.25, 0.3) is 6.04 Å². The molecule has 10 heteroatoms. The monoisotopic (exact) mass is 373 g/mol. The number of nitrogens with zero attached hydrogens (tertiary/aromatic N) is 4. The number of rotatable bonds is 9. The van der Waals surface area contributed by atoms with E-state index < -0.39 is 11.0 Å². The Morgan fingerprint density at radius 3 is 3.08 bits per heavy atom. The average molecular weight is 374 g/mol. The third kappa shape index (κ3) is 6.34. The molecule has 1 aliphatic rings. The van der Waals surface area contributed by atoms with E-state index >= 15 is 0 Å². The molecule has 134 valence electrons. The second kappa shape index (κ2) is 9.92. The van der Waals surface area contributed by atoms with Crippen molar-refractivity contribution in [3.63, 3.8) is 0 Å². The van der Waals surface area contributed by atoms with Gasteiger partial charge in [0.05, 0.1) is 32.0 Å². The topological polar surface area (TPSA) is 107 Å². The molecule has 1 fully saturated rings. The Morgan fingerprint density at radius 2 is 2.38 bits per heavy atom. The summed E-state index contributed by atoms with van der Waals surface area (Å²) in [5.74, 6) is 1.67. The first-order valence-corrected chi connectivity index (χ1v) is 9.84. The number of ether oxygens (including phenoxy) is 1. The van der Waals surface area contributed by atoms with Crippen LogP contribution < -0.4 is 5.73 Å². The number of nitrogens with two attached hydrogens (primary N) is 1. The maximum Gasteiger partial charge on any atom is 0.266 e. The first-order chi connectivity index (χ1) is 11.6. The fourth-order valence-corrected chi connectivity index (χ4v) is 3.76. The number of thioether (sulfide) groups is 1. The Balaban J connectivity index is 1.66. The molecule has 1 aliphatic heterocycles. The molecule has 2 heterocycles. The SMILES string of the molecule is CC(C(N)=NCCSCc1csc(CN2CCOCC2)n1)[N+](=O)[O-]. The van der Waals surface area contributed by atoms with Crippen molar-refractivity contribution >= 4 is 28.9 Å². The highest BCUT2D eigenvalue weighted by Crippen LogP contribution is 2.17. The van der Waals surface area contributed by atoms with Gasteiger partial charge < -0.3 is 10.5 Å². The molecule has 0 aromatic carbocycles. The van der Waals surface area contributed by atoms with Gasteiger partial charge in [-0.3, -0.25) is 20.0 Å². The molecule has 1 aromatic rings. The first kappa shape index (κ1) is 19.1. The molecule has 0 saturated carbocycles. The molecule has 0 bridgehead atoms. The lowest BCUT2D eigenvalue weighted by Gasteiger charge is -2.25. The predicted octanol–water partition coefficient (Wildman–Crippen LogP) is 1.23. The maximum atomic E-state index is 10.6. The van der Waals surface area contributed by atoms with Gasteiger partial charge in [-0.1, -0.05) is 0 Å². The third-order valence-corrected chi connectivity index (χ3v) is 5.44. The third-order valence-electron chi connectivity index (χ3n) is 3.59. The van der Waals surface area contributed by atoms with Crippen LogP contribution in [0.5, 0.6) is 0 Å². The largest absolute Gasteiger partial charge is 0.382 e. The minimum Gasteiger partial charge on any atom is -0.382 e. The van der Waals surface area contributed by atoms with Crippen molar-refractivity contribution in [3.8, 4) is 0 Å². The second-order valence-corrected chi connectivity index (χ2v) is 7.49. The van der Waals surface area contributed by atoms with Crippen LogP contribution in [0, 0.1) is 10.1 Å². The van der Waals surface area contributed by atoms with Crippen LogP contribution in [-0.4, -0.2) is 65.3 Å². The van der Waals surface area contributed by atoms with Gasteiger partial charge in [-0.25, -0.2) is 4.98 Å². The van der Waals surface area contributed by atoms with Gasteiger partial charge in [-0.15, -0.1) is 11.3 Å². The molecular weight excluding hydrogens is 350 g/mol. The zero-order valence-electron chi connectivity index (χ0n) is 13.7. The van der Waals surface area contributed by atoms with Gasteiger partial charge in [-0.2, -0.15) is 11.8 Å². The molecule has 2 rings (SSSR count). The van der Waals surface area contributed by atoms with Crippen molar-refractivity contribution in [1.29, 1.82) is 0 Å². The summed E-state index contributed by atoms with van der Waals surface area (Å²) in [5.41, 5.74) is 6.65. The normalized spacial score (nSPS) is 17.8. The summed E-state index contributed by atoms with van der Waals surface area (Å²) in [5, 5.41) is 13.8. The Kier molecular flexibility index (Phi) is 7.89. The van der Waals surface area contributed by atoms with Crippen LogP contribution in [-0.2, 0) is 17.0 Å². The van der Waals surface area contributed by atoms with E-state index in [1.165, 1.54) is 6.92 Å². The van der Waals surface area contributed by atoms with Gasteiger partial charge in [0.2, 0.25) is 0 Å². The van der Waals surface area contributed by atoms with E-state index in [4.69, 9.17) is 10.5 Å². The van der Waals surface area contributed by atoms with Crippen molar-refractivity contribution in [3.05, 3.63) is 26.2 Å². The molecule has 0 amide bonds. The van der Waals surface area contributed by atoms with Crippen LogP contribution in [0.15, 0.2) is 10.4 Å². The molecule has 2 N–H and O–H groups in total. The number of amidine groups is 1. The first-order valence-electron chi connectivity index (χ1n) is 7.80. The molecule has 1 saturated heterocycles. The van der Waals surface area contributed by atoms with E-state index in [0.29, 0.717) is 6.54 Å². The van der Waals surface area contributed by atoms with Crippen LogP contribution >= 0.6 is 23.1 Å². The predicted molar refractivity (Wildman–Crippen MR) is 97.3 cm³/mol. The Hall–Kier alpha value is -1.23. The molecule has 0 spiro atoms. The van der Waals surface area contributed by atoms with Crippen LogP contribution in [0.2, 0.25) is 0 Å². The lowest BCUT2D eigenvalue weighted by molar-refractivity contribution is -0.498. The number of nitro groups is 1. The number of thiazole rings is 1. The Labute approximate surface area is 149 Å². The van der Waals surface area contributed by atoms with E-state index in [9.17, 15) is 10.1 Å². The minimum absolute atomic E-state index is 0.0852. The van der Waals surface area contributed by atoms with Crippen LogP contribution in [0.3, 0.4) is 0 Å². The zero-order chi connectivity index (χ0) is 17.4. The van der Waals surface area contributed by atoms with Crippen molar-refractivity contribution in [2.75, 3.05) is 38.6 Å². The average Bonchev–Trinajstić information content (AvgIpc) is 3.01. The van der Waals surface area contributed by atoms with E-state index in [0.717, 1.165) is 55.1 Å². The highest BCUT2D eigenvalue weighted by atomic mass is 32.2. The lowest BCUT2D eigenvalue weighted by Crippen LogP contribution is -2.35. The van der Waals surface area contributed by atoms with Gasteiger partial charge in [0.1, 0.15) is 5.01 Å². The second-order valence-electron chi connectivity index (χ2n) is 5.44. The van der Waals surface area contributed by atoms with Crippen LogP contribution in [0.4, 0.5) is 0 Å². The number of morpholine rings is 1. The van der Waals surface area contributed by atoms with E-state index in [2.05, 4.69) is 20.3 Å². The van der Waals surface area contributed by atoms with Crippen molar-refractivity contribution in [1.82, 2.24) is 9.88 Å². The summed E-state index contributed by atoms with van der Waals surface area (Å²) in [4.78, 5) is 21.2. The number of aromatic nitrogens is 1. The molecule has 24 heavy (non-hydrogen) atoms. The summed E-state index contributed by atoms with van der Waals surface area (Å²) < 4.78 is 5.34. The molecule has 0 aliphatic carbocycles. The maximum absolute atomic E-state index is 10.6. The molecule has 1 unspecified atom stereocenters. The fraction of sp³-hybridized carbons (Fsp3) is 0.714. The fourth-order valence-electron chi connectivity index (χ4n) is 2.09. The number of hydrogen-bond donors (Lipinski definition) is 1. The van der Waals surface area contributed by atoms with Gasteiger partial charge in [0.15, 0.2) is 5.84 Å². The standard InChI is InChI=1S/C14H23N5O3S2/c1-11(19(20)21)14(15)16-2-7-23-9-12-10-24-13(17-12)8-18-3-5-22-6-4-18/h10-11H,2-9H2,1H3,(H2,15,16). The van der Waals surface area contributed by atoms with E-state index in [1.807, 2.05) is 0 Å². The van der Waals surface area contributed by atoms with Crippen LogP contribution in [0.25, 0.3) is 0 Å². The Bertz CT molecular complexity index is 560. The van der Waals surface area contributed by atoms with Crippen LogP contribution in [0.1, 0.15) is 17.6 Å². The summed E-state index contributed by atoms with van der Waals surface area (Å²) >= 11 is 3.40. The molecule has 0 radical (unpaired) electrons. The summed E-state index contributed by atoms with van der Waals surface area (Å²) in [6.45, 7) is 6.34. The van der Waals surface area contributed by atoms with Crippen molar-refractivity contribution < 1.29 is 9.66 Å².